The molecular weight excluding hydrogens is 387 g/mol. The van der Waals surface area contributed by atoms with Crippen molar-refractivity contribution in [2.75, 3.05) is 5.32 Å². The van der Waals surface area contributed by atoms with Crippen molar-refractivity contribution in [1.82, 2.24) is 15.2 Å². The first kappa shape index (κ1) is 17.3. The highest BCUT2D eigenvalue weighted by molar-refractivity contribution is 8.00. The molecule has 3 rings (SSSR count). The molecule has 0 radical (unpaired) electrons. The fourth-order valence-corrected chi connectivity index (χ4v) is 3.59. The minimum atomic E-state index is -0.396. The van der Waals surface area contributed by atoms with E-state index >= 15 is 0 Å². The van der Waals surface area contributed by atoms with Crippen molar-refractivity contribution in [3.05, 3.63) is 45.8 Å². The molecule has 1 aromatic carbocycles. The molecule has 0 aliphatic rings. The van der Waals surface area contributed by atoms with E-state index in [2.05, 4.69) is 20.5 Å². The summed E-state index contributed by atoms with van der Waals surface area (Å²) in [6.07, 6.45) is 0. The minimum absolute atomic E-state index is 0.202. The topological polar surface area (TPSA) is 70.7 Å². The molecule has 2 aromatic heterocycles. The number of halogens is 2. The Morgan fingerprint density at radius 1 is 1.38 bits per heavy atom. The van der Waals surface area contributed by atoms with E-state index in [1.807, 2.05) is 17.5 Å². The lowest BCUT2D eigenvalue weighted by Gasteiger charge is -2.11. The van der Waals surface area contributed by atoms with E-state index in [4.69, 9.17) is 23.2 Å². The molecule has 1 atom stereocenters. The van der Waals surface area contributed by atoms with Crippen LogP contribution in [0.2, 0.25) is 10.0 Å². The number of nitrogens with zero attached hydrogens (tertiary/aromatic N) is 2. The molecule has 124 valence electrons. The van der Waals surface area contributed by atoms with Gasteiger partial charge in [-0.05, 0) is 36.6 Å². The van der Waals surface area contributed by atoms with Crippen molar-refractivity contribution < 1.29 is 4.79 Å². The van der Waals surface area contributed by atoms with Gasteiger partial charge >= 0.3 is 0 Å². The van der Waals surface area contributed by atoms with Gasteiger partial charge in [0.25, 0.3) is 0 Å². The van der Waals surface area contributed by atoms with Gasteiger partial charge in [-0.25, -0.2) is 4.98 Å². The molecule has 3 aromatic rings. The minimum Gasteiger partial charge on any atom is -0.324 e. The second kappa shape index (κ2) is 7.57. The number of hydrogen-bond donors (Lipinski definition) is 2. The van der Waals surface area contributed by atoms with Crippen LogP contribution in [0, 0.1) is 0 Å². The number of aromatic amines is 1. The van der Waals surface area contributed by atoms with E-state index in [0.29, 0.717) is 26.7 Å². The zero-order valence-corrected chi connectivity index (χ0v) is 15.6. The summed E-state index contributed by atoms with van der Waals surface area (Å²) in [6.45, 7) is 1.78. The van der Waals surface area contributed by atoms with Crippen LogP contribution in [0.1, 0.15) is 6.92 Å². The lowest BCUT2D eigenvalue weighted by molar-refractivity contribution is -0.115. The molecule has 0 saturated carbocycles. The van der Waals surface area contributed by atoms with Gasteiger partial charge in [0, 0.05) is 5.02 Å². The third-order valence-electron chi connectivity index (χ3n) is 3.06. The fourth-order valence-electron chi connectivity index (χ4n) is 1.86. The third-order valence-corrected chi connectivity index (χ3v) is 5.46. The van der Waals surface area contributed by atoms with Gasteiger partial charge in [0.05, 0.1) is 20.8 Å². The van der Waals surface area contributed by atoms with Crippen LogP contribution in [0.15, 0.2) is 40.9 Å². The van der Waals surface area contributed by atoms with Crippen LogP contribution in [0.4, 0.5) is 5.69 Å². The molecule has 0 bridgehead atoms. The number of carbonyl (C=O) groups is 1. The molecule has 0 unspecified atom stereocenters. The lowest BCUT2D eigenvalue weighted by atomic mass is 10.3. The number of rotatable bonds is 5. The Labute approximate surface area is 156 Å². The normalized spacial score (nSPS) is 12.1. The smallest absolute Gasteiger partial charge is 0.237 e. The highest BCUT2D eigenvalue weighted by Crippen LogP contribution is 2.28. The van der Waals surface area contributed by atoms with Gasteiger partial charge in [0.15, 0.2) is 5.82 Å². The van der Waals surface area contributed by atoms with Gasteiger partial charge in [-0.2, -0.15) is 0 Å². The molecule has 0 aliphatic heterocycles. The number of amides is 1. The average molecular weight is 399 g/mol. The van der Waals surface area contributed by atoms with Crippen molar-refractivity contribution in [2.24, 2.45) is 0 Å². The Bertz CT molecular complexity index is 851. The molecule has 0 fully saturated rings. The molecule has 0 aliphatic carbocycles. The zero-order valence-electron chi connectivity index (χ0n) is 12.4. The summed E-state index contributed by atoms with van der Waals surface area (Å²) in [5.74, 6) is 0.490. The Hall–Kier alpha value is -1.54. The Morgan fingerprint density at radius 3 is 2.96 bits per heavy atom. The lowest BCUT2D eigenvalue weighted by Crippen LogP contribution is -2.22. The van der Waals surface area contributed by atoms with Crippen LogP contribution in [0.3, 0.4) is 0 Å². The summed E-state index contributed by atoms with van der Waals surface area (Å²) < 4.78 is 0. The van der Waals surface area contributed by atoms with E-state index in [-0.39, 0.29) is 5.91 Å². The Balaban J connectivity index is 1.65. The summed E-state index contributed by atoms with van der Waals surface area (Å²) in [7, 11) is 0. The summed E-state index contributed by atoms with van der Waals surface area (Å²) >= 11 is 14.8. The van der Waals surface area contributed by atoms with Crippen LogP contribution in [0.25, 0.3) is 10.7 Å². The predicted molar refractivity (Wildman–Crippen MR) is 100 cm³/mol. The maximum atomic E-state index is 12.3. The van der Waals surface area contributed by atoms with E-state index in [9.17, 15) is 4.79 Å². The molecule has 2 heterocycles. The predicted octanol–water partition coefficient (Wildman–Crippen LogP) is 4.96. The van der Waals surface area contributed by atoms with Gasteiger partial charge in [-0.1, -0.05) is 41.0 Å². The fraction of sp³-hybridized carbons (Fsp3) is 0.133. The van der Waals surface area contributed by atoms with E-state index in [1.54, 1.807) is 36.5 Å². The van der Waals surface area contributed by atoms with Crippen molar-refractivity contribution in [3.63, 3.8) is 0 Å². The molecule has 5 nitrogen and oxygen atoms in total. The van der Waals surface area contributed by atoms with Crippen molar-refractivity contribution >= 4 is 57.9 Å². The Morgan fingerprint density at radius 2 is 2.21 bits per heavy atom. The largest absolute Gasteiger partial charge is 0.324 e. The number of carbonyl (C=O) groups excluding carboxylic acids is 1. The van der Waals surface area contributed by atoms with Gasteiger partial charge in [0.1, 0.15) is 0 Å². The maximum absolute atomic E-state index is 12.3. The van der Waals surface area contributed by atoms with Crippen LogP contribution in [-0.2, 0) is 4.79 Å². The number of thiophene rings is 1. The summed E-state index contributed by atoms with van der Waals surface area (Å²) in [6, 6.07) is 8.81. The number of hydrogen-bond acceptors (Lipinski definition) is 5. The number of thioether (sulfide) groups is 1. The first-order chi connectivity index (χ1) is 11.5. The zero-order chi connectivity index (χ0) is 17.1. The first-order valence-corrected chi connectivity index (χ1v) is 9.43. The van der Waals surface area contributed by atoms with Gasteiger partial charge in [-0.3, -0.25) is 9.89 Å². The summed E-state index contributed by atoms with van der Waals surface area (Å²) in [5, 5.41) is 12.8. The molecular formula is C15H12Cl2N4OS2. The standard InChI is InChI=1S/C15H12Cl2N4OS2/c1-8(14(22)18-11-7-9(16)4-5-10(11)17)24-15-19-13(20-21-15)12-3-2-6-23-12/h2-8H,1H3,(H,18,22)(H,19,20,21)/t8-/m1/s1. The van der Waals surface area contributed by atoms with E-state index < -0.39 is 5.25 Å². The number of nitrogens with one attached hydrogen (secondary N) is 2. The van der Waals surface area contributed by atoms with E-state index in [0.717, 1.165) is 4.88 Å². The van der Waals surface area contributed by atoms with Crippen molar-refractivity contribution in [3.8, 4) is 10.7 Å². The van der Waals surface area contributed by atoms with Crippen LogP contribution in [-0.4, -0.2) is 26.3 Å². The number of aromatic nitrogens is 3. The monoisotopic (exact) mass is 398 g/mol. The van der Waals surface area contributed by atoms with Crippen molar-refractivity contribution in [2.45, 2.75) is 17.3 Å². The molecule has 0 saturated heterocycles. The maximum Gasteiger partial charge on any atom is 0.237 e. The molecule has 9 heteroatoms. The highest BCUT2D eigenvalue weighted by atomic mass is 35.5. The third kappa shape index (κ3) is 4.10. The molecule has 1 amide bonds. The summed E-state index contributed by atoms with van der Waals surface area (Å²) in [5.41, 5.74) is 0.482. The quantitative estimate of drug-likeness (QED) is 0.595. The second-order valence-electron chi connectivity index (χ2n) is 4.82. The van der Waals surface area contributed by atoms with Gasteiger partial charge in [-0.15, -0.1) is 16.4 Å². The SMILES string of the molecule is C[C@@H](Sc1n[nH]c(-c2cccs2)n1)C(=O)Nc1cc(Cl)ccc1Cl. The van der Waals surface area contributed by atoms with Gasteiger partial charge < -0.3 is 5.32 Å². The molecule has 2 N–H and O–H groups in total. The molecule has 0 spiro atoms. The average Bonchev–Trinajstić information content (AvgIpc) is 3.21. The number of anilines is 1. The number of H-pyrrole nitrogens is 1. The first-order valence-electron chi connectivity index (χ1n) is 6.92. The molecule has 24 heavy (non-hydrogen) atoms. The van der Waals surface area contributed by atoms with Crippen LogP contribution < -0.4 is 5.32 Å². The number of benzene rings is 1. The highest BCUT2D eigenvalue weighted by Gasteiger charge is 2.18. The van der Waals surface area contributed by atoms with Crippen molar-refractivity contribution in [1.29, 1.82) is 0 Å². The second-order valence-corrected chi connectivity index (χ2v) is 7.92. The summed E-state index contributed by atoms with van der Waals surface area (Å²) in [4.78, 5) is 17.7. The van der Waals surface area contributed by atoms with Crippen LogP contribution >= 0.6 is 46.3 Å². The van der Waals surface area contributed by atoms with E-state index in [1.165, 1.54) is 11.8 Å². The van der Waals surface area contributed by atoms with Gasteiger partial charge in [0.2, 0.25) is 11.1 Å². The Kier molecular flexibility index (Phi) is 5.45. The van der Waals surface area contributed by atoms with Crippen LogP contribution in [0.5, 0.6) is 0 Å².